The van der Waals surface area contributed by atoms with Gasteiger partial charge in [-0.15, -0.1) is 0 Å². The van der Waals surface area contributed by atoms with Gasteiger partial charge in [-0.3, -0.25) is 9.59 Å². The van der Waals surface area contributed by atoms with Gasteiger partial charge in [-0.2, -0.15) is 0 Å². The molecule has 9 heteroatoms. The van der Waals surface area contributed by atoms with E-state index in [2.05, 4.69) is 34.0 Å². The zero-order valence-electron chi connectivity index (χ0n) is 17.2. The lowest BCUT2D eigenvalue weighted by Crippen LogP contribution is -2.54. The predicted octanol–water partition coefficient (Wildman–Crippen LogP) is 3.12. The number of nitrogens with zero attached hydrogens (tertiary/aromatic N) is 4. The van der Waals surface area contributed by atoms with Gasteiger partial charge in [0.1, 0.15) is 11.0 Å². The summed E-state index contributed by atoms with van der Waals surface area (Å²) < 4.78 is 0. The minimum Gasteiger partial charge on any atom is -0.353 e. The number of piperazine rings is 1. The standard InChI is InChI=1S/C20H30ClN5O2S/c1-3-4-5-6-19(28)26-10-9-25(12-14(26)2)17-11-16(21)23-20(24-17)29-13-18(27)22-15-7-8-15/h11,14-15H,3-10,12-13H2,1-2H3,(H,22,27). The Labute approximate surface area is 182 Å². The SMILES string of the molecule is CCCCCC(=O)N1CCN(c2cc(Cl)nc(SCC(=O)NC3CC3)n2)CC1C. The molecular weight excluding hydrogens is 410 g/mol. The first-order chi connectivity index (χ1) is 14.0. The number of carbonyl (C=O) groups is 2. The van der Waals surface area contributed by atoms with Gasteiger partial charge in [0.15, 0.2) is 5.16 Å². The van der Waals surface area contributed by atoms with Crippen molar-refractivity contribution in [3.8, 4) is 0 Å². The van der Waals surface area contributed by atoms with Crippen molar-refractivity contribution in [1.82, 2.24) is 20.2 Å². The normalized spacial score (nSPS) is 19.3. The smallest absolute Gasteiger partial charge is 0.230 e. The van der Waals surface area contributed by atoms with E-state index in [4.69, 9.17) is 11.6 Å². The van der Waals surface area contributed by atoms with Crippen LogP contribution in [0.2, 0.25) is 5.15 Å². The molecule has 29 heavy (non-hydrogen) atoms. The fourth-order valence-corrected chi connectivity index (χ4v) is 4.34. The molecule has 0 radical (unpaired) electrons. The van der Waals surface area contributed by atoms with Crippen molar-refractivity contribution in [1.29, 1.82) is 0 Å². The second-order valence-corrected chi connectivity index (χ2v) is 9.13. The number of unbranched alkanes of at least 4 members (excludes halogenated alkanes) is 2. The molecule has 1 aromatic heterocycles. The first-order valence-electron chi connectivity index (χ1n) is 10.5. The number of hydrogen-bond donors (Lipinski definition) is 1. The summed E-state index contributed by atoms with van der Waals surface area (Å²) in [6.07, 6.45) is 5.94. The minimum atomic E-state index is 0.00597. The molecule has 1 aliphatic heterocycles. The highest BCUT2D eigenvalue weighted by Crippen LogP contribution is 2.25. The Balaban J connectivity index is 1.55. The summed E-state index contributed by atoms with van der Waals surface area (Å²) in [4.78, 5) is 37.4. The van der Waals surface area contributed by atoms with Gasteiger partial charge in [0, 0.05) is 44.2 Å². The number of rotatable bonds is 9. The summed E-state index contributed by atoms with van der Waals surface area (Å²) in [5.74, 6) is 1.28. The molecule has 1 unspecified atom stereocenters. The molecular formula is C20H30ClN5O2S. The number of thioether (sulfide) groups is 1. The maximum atomic E-state index is 12.5. The lowest BCUT2D eigenvalue weighted by atomic mass is 10.1. The molecule has 160 valence electrons. The summed E-state index contributed by atoms with van der Waals surface area (Å²) in [5.41, 5.74) is 0. The lowest BCUT2D eigenvalue weighted by molar-refractivity contribution is -0.133. The van der Waals surface area contributed by atoms with Gasteiger partial charge >= 0.3 is 0 Å². The molecule has 0 aromatic carbocycles. The highest BCUT2D eigenvalue weighted by molar-refractivity contribution is 7.99. The van der Waals surface area contributed by atoms with Crippen LogP contribution < -0.4 is 10.2 Å². The molecule has 2 heterocycles. The van der Waals surface area contributed by atoms with Crippen LogP contribution in [0.4, 0.5) is 5.82 Å². The van der Waals surface area contributed by atoms with E-state index in [1.807, 2.05) is 4.90 Å². The third-order valence-electron chi connectivity index (χ3n) is 5.20. The number of nitrogens with one attached hydrogen (secondary N) is 1. The molecule has 2 fully saturated rings. The van der Waals surface area contributed by atoms with Gasteiger partial charge < -0.3 is 15.1 Å². The summed E-state index contributed by atoms with van der Waals surface area (Å²) in [5, 5.41) is 3.83. The minimum absolute atomic E-state index is 0.00597. The average molecular weight is 440 g/mol. The topological polar surface area (TPSA) is 78.4 Å². The number of anilines is 1. The fourth-order valence-electron chi connectivity index (χ4n) is 3.45. The van der Waals surface area contributed by atoms with E-state index >= 15 is 0 Å². The van der Waals surface area contributed by atoms with Gasteiger partial charge in [-0.25, -0.2) is 9.97 Å². The zero-order chi connectivity index (χ0) is 20.8. The van der Waals surface area contributed by atoms with Crippen LogP contribution in [0.3, 0.4) is 0 Å². The Morgan fingerprint density at radius 2 is 2.07 bits per heavy atom. The molecule has 0 bridgehead atoms. The van der Waals surface area contributed by atoms with Crippen LogP contribution in [-0.2, 0) is 9.59 Å². The third kappa shape index (κ3) is 6.74. The van der Waals surface area contributed by atoms with E-state index in [1.165, 1.54) is 11.8 Å². The predicted molar refractivity (Wildman–Crippen MR) is 116 cm³/mol. The third-order valence-corrected chi connectivity index (χ3v) is 6.24. The van der Waals surface area contributed by atoms with Crippen LogP contribution in [-0.4, -0.2) is 64.2 Å². The molecule has 2 aliphatic rings. The Kier molecular flexibility index (Phi) is 8.00. The molecule has 7 nitrogen and oxygen atoms in total. The fraction of sp³-hybridized carbons (Fsp3) is 0.700. The van der Waals surface area contributed by atoms with Crippen LogP contribution >= 0.6 is 23.4 Å². The molecule has 1 saturated carbocycles. The Hall–Kier alpha value is -1.54. The first kappa shape index (κ1) is 22.2. The van der Waals surface area contributed by atoms with Crippen molar-refractivity contribution in [2.75, 3.05) is 30.3 Å². The second-order valence-electron chi connectivity index (χ2n) is 7.80. The largest absolute Gasteiger partial charge is 0.353 e. The van der Waals surface area contributed by atoms with Gasteiger partial charge in [0.2, 0.25) is 11.8 Å². The molecule has 1 N–H and O–H groups in total. The number of hydrogen-bond acceptors (Lipinski definition) is 6. The van der Waals surface area contributed by atoms with Crippen molar-refractivity contribution in [2.24, 2.45) is 0 Å². The lowest BCUT2D eigenvalue weighted by Gasteiger charge is -2.40. The number of aromatic nitrogens is 2. The van der Waals surface area contributed by atoms with Gasteiger partial charge in [0.05, 0.1) is 5.75 Å². The molecule has 0 spiro atoms. The Bertz CT molecular complexity index is 731. The monoisotopic (exact) mass is 439 g/mol. The van der Waals surface area contributed by atoms with E-state index < -0.39 is 0 Å². The van der Waals surface area contributed by atoms with Crippen molar-refractivity contribution < 1.29 is 9.59 Å². The summed E-state index contributed by atoms with van der Waals surface area (Å²) >= 11 is 7.51. The maximum Gasteiger partial charge on any atom is 0.230 e. The number of halogens is 1. The van der Waals surface area contributed by atoms with E-state index in [-0.39, 0.29) is 23.6 Å². The molecule has 3 rings (SSSR count). The maximum absolute atomic E-state index is 12.5. The molecule has 1 atom stereocenters. The second kappa shape index (κ2) is 10.5. The molecule has 1 aliphatic carbocycles. The Morgan fingerprint density at radius 3 is 2.76 bits per heavy atom. The number of carbonyl (C=O) groups excluding carboxylic acids is 2. The van der Waals surface area contributed by atoms with Crippen LogP contribution in [0.15, 0.2) is 11.2 Å². The average Bonchev–Trinajstić information content (AvgIpc) is 3.50. The van der Waals surface area contributed by atoms with E-state index in [0.29, 0.717) is 42.4 Å². The van der Waals surface area contributed by atoms with Crippen LogP contribution in [0.5, 0.6) is 0 Å². The molecule has 2 amide bonds. The van der Waals surface area contributed by atoms with Crippen LogP contribution in [0, 0.1) is 0 Å². The van der Waals surface area contributed by atoms with Crippen molar-refractivity contribution in [3.05, 3.63) is 11.2 Å². The highest BCUT2D eigenvalue weighted by Gasteiger charge is 2.28. The summed E-state index contributed by atoms with van der Waals surface area (Å²) in [7, 11) is 0. The van der Waals surface area contributed by atoms with Gasteiger partial charge in [0.25, 0.3) is 0 Å². The van der Waals surface area contributed by atoms with Crippen LogP contribution in [0.1, 0.15) is 52.4 Å². The van der Waals surface area contributed by atoms with E-state index in [1.54, 1.807) is 6.07 Å². The van der Waals surface area contributed by atoms with Crippen molar-refractivity contribution in [2.45, 2.75) is 69.6 Å². The summed E-state index contributed by atoms with van der Waals surface area (Å²) in [6, 6.07) is 2.22. The van der Waals surface area contributed by atoms with Crippen molar-refractivity contribution >= 4 is 41.0 Å². The van der Waals surface area contributed by atoms with E-state index in [0.717, 1.165) is 37.9 Å². The number of amides is 2. The quantitative estimate of drug-likeness (QED) is 0.275. The first-order valence-corrected chi connectivity index (χ1v) is 11.8. The molecule has 1 saturated heterocycles. The highest BCUT2D eigenvalue weighted by atomic mass is 35.5. The summed E-state index contributed by atoms with van der Waals surface area (Å²) in [6.45, 7) is 6.32. The van der Waals surface area contributed by atoms with Crippen molar-refractivity contribution in [3.63, 3.8) is 0 Å². The zero-order valence-corrected chi connectivity index (χ0v) is 18.8. The van der Waals surface area contributed by atoms with Gasteiger partial charge in [-0.05, 0) is 26.2 Å². The van der Waals surface area contributed by atoms with Crippen LogP contribution in [0.25, 0.3) is 0 Å². The Morgan fingerprint density at radius 1 is 1.28 bits per heavy atom. The van der Waals surface area contributed by atoms with E-state index in [9.17, 15) is 9.59 Å². The molecule has 1 aromatic rings. The van der Waals surface area contributed by atoms with Gasteiger partial charge in [-0.1, -0.05) is 43.1 Å².